The lowest BCUT2D eigenvalue weighted by atomic mass is 10.1. The van der Waals surface area contributed by atoms with E-state index in [-0.39, 0.29) is 11.0 Å². The average Bonchev–Trinajstić information content (AvgIpc) is 2.99. The number of anilines is 2. The summed E-state index contributed by atoms with van der Waals surface area (Å²) in [7, 11) is 0. The van der Waals surface area contributed by atoms with E-state index in [4.69, 9.17) is 16.0 Å². The standard InChI is InChI=1S/C17H12ClN5O2/c1-9-19-16(18)23-17(20-9)21-10-6-7-13(24)11(8-10)15-22-12-4-2-3-5-14(12)25-15/h2-8,24H,1H3,(H,19,20,21,23). The van der Waals surface area contributed by atoms with Crippen LogP contribution in [0.3, 0.4) is 0 Å². The first-order valence-corrected chi connectivity index (χ1v) is 7.80. The molecule has 124 valence electrons. The van der Waals surface area contributed by atoms with Gasteiger partial charge in [0.05, 0.1) is 5.56 Å². The third-order valence-corrected chi connectivity index (χ3v) is 3.67. The summed E-state index contributed by atoms with van der Waals surface area (Å²) in [5.41, 5.74) is 2.47. The fourth-order valence-electron chi connectivity index (χ4n) is 2.41. The zero-order chi connectivity index (χ0) is 17.4. The maximum absolute atomic E-state index is 10.2. The van der Waals surface area contributed by atoms with Gasteiger partial charge in [0.2, 0.25) is 17.1 Å². The highest BCUT2D eigenvalue weighted by atomic mass is 35.5. The normalized spacial score (nSPS) is 11.0. The number of aromatic nitrogens is 4. The molecule has 7 nitrogen and oxygen atoms in total. The summed E-state index contributed by atoms with van der Waals surface area (Å²) in [5.74, 6) is 1.20. The molecule has 0 aliphatic carbocycles. The molecule has 2 aromatic heterocycles. The second-order valence-corrected chi connectivity index (χ2v) is 5.66. The number of phenols is 1. The third-order valence-electron chi connectivity index (χ3n) is 3.50. The molecule has 2 N–H and O–H groups in total. The first-order chi connectivity index (χ1) is 12.1. The predicted octanol–water partition coefficient (Wildman–Crippen LogP) is 4.09. The van der Waals surface area contributed by atoms with Crippen molar-refractivity contribution in [1.82, 2.24) is 19.9 Å². The van der Waals surface area contributed by atoms with Crippen LogP contribution in [0.4, 0.5) is 11.6 Å². The van der Waals surface area contributed by atoms with Gasteiger partial charge in [-0.3, -0.25) is 0 Å². The number of rotatable bonds is 3. The summed E-state index contributed by atoms with van der Waals surface area (Å²) >= 11 is 5.85. The summed E-state index contributed by atoms with van der Waals surface area (Å²) in [6, 6.07) is 12.3. The van der Waals surface area contributed by atoms with Crippen LogP contribution >= 0.6 is 11.6 Å². The van der Waals surface area contributed by atoms with Crippen LogP contribution in [0.25, 0.3) is 22.6 Å². The van der Waals surface area contributed by atoms with Gasteiger partial charge in [-0.15, -0.1) is 0 Å². The van der Waals surface area contributed by atoms with E-state index in [0.29, 0.717) is 34.5 Å². The highest BCUT2D eigenvalue weighted by Gasteiger charge is 2.13. The highest BCUT2D eigenvalue weighted by molar-refractivity contribution is 6.28. The Morgan fingerprint density at radius 1 is 1.04 bits per heavy atom. The molecule has 4 aromatic rings. The summed E-state index contributed by atoms with van der Waals surface area (Å²) in [6.45, 7) is 1.72. The zero-order valence-corrected chi connectivity index (χ0v) is 13.8. The molecule has 0 unspecified atom stereocenters. The summed E-state index contributed by atoms with van der Waals surface area (Å²) < 4.78 is 5.72. The molecule has 0 bridgehead atoms. The number of halogens is 1. The van der Waals surface area contributed by atoms with Crippen LogP contribution in [-0.2, 0) is 0 Å². The minimum atomic E-state index is 0.0574. The van der Waals surface area contributed by atoms with Crippen molar-refractivity contribution in [3.8, 4) is 17.2 Å². The maximum atomic E-state index is 10.2. The molecule has 0 aliphatic heterocycles. The van der Waals surface area contributed by atoms with Gasteiger partial charge in [-0.1, -0.05) is 12.1 Å². The van der Waals surface area contributed by atoms with Gasteiger partial charge in [0.1, 0.15) is 17.1 Å². The van der Waals surface area contributed by atoms with E-state index in [1.54, 1.807) is 25.1 Å². The predicted molar refractivity (Wildman–Crippen MR) is 94.0 cm³/mol. The molecule has 0 amide bonds. The minimum Gasteiger partial charge on any atom is -0.507 e. The number of nitrogens with one attached hydrogen (secondary N) is 1. The van der Waals surface area contributed by atoms with Crippen molar-refractivity contribution < 1.29 is 9.52 Å². The summed E-state index contributed by atoms with van der Waals surface area (Å²) in [5, 5.41) is 13.3. The molecular weight excluding hydrogens is 342 g/mol. The summed E-state index contributed by atoms with van der Waals surface area (Å²) in [4.78, 5) is 16.5. The Kier molecular flexibility index (Phi) is 3.70. The van der Waals surface area contributed by atoms with Crippen molar-refractivity contribution in [1.29, 1.82) is 0 Å². The molecule has 4 rings (SSSR count). The van der Waals surface area contributed by atoms with E-state index in [0.717, 1.165) is 5.52 Å². The van der Waals surface area contributed by atoms with E-state index < -0.39 is 0 Å². The Balaban J connectivity index is 1.73. The van der Waals surface area contributed by atoms with Crippen molar-refractivity contribution in [3.63, 3.8) is 0 Å². The minimum absolute atomic E-state index is 0.0574. The molecule has 0 fully saturated rings. The lowest BCUT2D eigenvalue weighted by Gasteiger charge is -2.07. The number of aromatic hydroxyl groups is 1. The molecule has 0 radical (unpaired) electrons. The van der Waals surface area contributed by atoms with Crippen LogP contribution in [0.15, 0.2) is 46.9 Å². The second-order valence-electron chi connectivity index (χ2n) is 5.32. The van der Waals surface area contributed by atoms with Gasteiger partial charge >= 0.3 is 0 Å². The molecular formula is C17H12ClN5O2. The highest BCUT2D eigenvalue weighted by Crippen LogP contribution is 2.33. The largest absolute Gasteiger partial charge is 0.507 e. The van der Waals surface area contributed by atoms with E-state index in [9.17, 15) is 5.11 Å². The van der Waals surface area contributed by atoms with Crippen LogP contribution < -0.4 is 5.32 Å². The molecule has 0 atom stereocenters. The zero-order valence-electron chi connectivity index (χ0n) is 13.1. The van der Waals surface area contributed by atoms with Gasteiger partial charge in [-0.05, 0) is 48.9 Å². The number of hydrogen-bond donors (Lipinski definition) is 2. The number of fused-ring (bicyclic) bond motifs is 1. The smallest absolute Gasteiger partial charge is 0.231 e. The molecule has 0 aliphatic rings. The molecule has 2 heterocycles. The number of benzene rings is 2. The SMILES string of the molecule is Cc1nc(Cl)nc(Nc2ccc(O)c(-c3nc4ccccc4o3)c2)n1. The van der Waals surface area contributed by atoms with Crippen LogP contribution in [0.5, 0.6) is 5.75 Å². The quantitative estimate of drug-likeness (QED) is 0.535. The topological polar surface area (TPSA) is 97.0 Å². The fraction of sp³-hybridized carbons (Fsp3) is 0.0588. The van der Waals surface area contributed by atoms with Crippen LogP contribution in [0.1, 0.15) is 5.82 Å². The Morgan fingerprint density at radius 3 is 2.68 bits per heavy atom. The lowest BCUT2D eigenvalue weighted by molar-refractivity contribution is 0.474. The number of oxazole rings is 1. The average molecular weight is 354 g/mol. The fourth-order valence-corrected chi connectivity index (χ4v) is 2.61. The monoisotopic (exact) mass is 353 g/mol. The van der Waals surface area contributed by atoms with E-state index in [1.807, 2.05) is 24.3 Å². The second kappa shape index (κ2) is 6.03. The van der Waals surface area contributed by atoms with Gasteiger partial charge in [0.15, 0.2) is 5.58 Å². The Labute approximate surface area is 147 Å². The number of nitrogens with zero attached hydrogens (tertiary/aromatic N) is 4. The van der Waals surface area contributed by atoms with Crippen molar-refractivity contribution in [2.45, 2.75) is 6.92 Å². The van der Waals surface area contributed by atoms with Gasteiger partial charge in [-0.25, -0.2) is 9.97 Å². The Bertz CT molecular complexity index is 1030. The van der Waals surface area contributed by atoms with Crippen molar-refractivity contribution >= 4 is 34.3 Å². The lowest BCUT2D eigenvalue weighted by Crippen LogP contribution is -2.01. The van der Waals surface area contributed by atoms with Crippen LogP contribution in [-0.4, -0.2) is 25.0 Å². The van der Waals surface area contributed by atoms with E-state index in [2.05, 4.69) is 25.3 Å². The van der Waals surface area contributed by atoms with Gasteiger partial charge in [0, 0.05) is 5.69 Å². The van der Waals surface area contributed by atoms with E-state index in [1.165, 1.54) is 0 Å². The van der Waals surface area contributed by atoms with Crippen LogP contribution in [0, 0.1) is 6.92 Å². The van der Waals surface area contributed by atoms with Gasteiger partial charge in [-0.2, -0.15) is 9.97 Å². The molecule has 2 aromatic carbocycles. The van der Waals surface area contributed by atoms with E-state index >= 15 is 0 Å². The summed E-state index contributed by atoms with van der Waals surface area (Å²) in [6.07, 6.45) is 0. The van der Waals surface area contributed by atoms with Crippen molar-refractivity contribution in [2.24, 2.45) is 0 Å². The molecule has 8 heteroatoms. The Hall–Kier alpha value is -3.19. The van der Waals surface area contributed by atoms with Crippen LogP contribution in [0.2, 0.25) is 5.28 Å². The number of para-hydroxylation sites is 2. The maximum Gasteiger partial charge on any atom is 0.231 e. The molecule has 25 heavy (non-hydrogen) atoms. The number of hydrogen-bond acceptors (Lipinski definition) is 7. The van der Waals surface area contributed by atoms with Crippen molar-refractivity contribution in [2.75, 3.05) is 5.32 Å². The van der Waals surface area contributed by atoms with Gasteiger partial charge in [0.25, 0.3) is 0 Å². The Morgan fingerprint density at radius 2 is 1.88 bits per heavy atom. The molecule has 0 saturated heterocycles. The molecule has 0 spiro atoms. The van der Waals surface area contributed by atoms with Gasteiger partial charge < -0.3 is 14.8 Å². The first kappa shape index (κ1) is 15.3. The number of aryl methyl sites for hydroxylation is 1. The third kappa shape index (κ3) is 3.09. The molecule has 0 saturated carbocycles. The first-order valence-electron chi connectivity index (χ1n) is 7.43. The van der Waals surface area contributed by atoms with Crippen molar-refractivity contribution in [3.05, 3.63) is 53.6 Å². The number of phenolic OH excluding ortho intramolecular Hbond substituents is 1.